The first-order valence-corrected chi connectivity index (χ1v) is 5.03. The Morgan fingerprint density at radius 2 is 1.94 bits per heavy atom. The maximum absolute atomic E-state index is 11.6. The molecule has 0 spiro atoms. The summed E-state index contributed by atoms with van der Waals surface area (Å²) >= 11 is 0. The predicted molar refractivity (Wildman–Crippen MR) is 58.4 cm³/mol. The minimum atomic E-state index is -0.628. The van der Waals surface area contributed by atoms with Crippen molar-refractivity contribution in [1.29, 1.82) is 0 Å². The van der Waals surface area contributed by atoms with Gasteiger partial charge in [0.25, 0.3) is 5.91 Å². The summed E-state index contributed by atoms with van der Waals surface area (Å²) in [6, 6.07) is 4.05. The molecule has 1 aromatic carbocycles. The van der Waals surface area contributed by atoms with Crippen molar-refractivity contribution in [3.05, 3.63) is 23.8 Å². The van der Waals surface area contributed by atoms with Crippen LogP contribution in [0.15, 0.2) is 18.2 Å². The Morgan fingerprint density at radius 3 is 2.44 bits per heavy atom. The Bertz CT molecular complexity index is 358. The number of phenols is 2. The monoisotopic (exact) mass is 225 g/mol. The van der Waals surface area contributed by atoms with Gasteiger partial charge in [0.05, 0.1) is 6.10 Å². The number of hydrogen-bond donors (Lipinski definition) is 4. The number of carbonyl (C=O) groups is 1. The van der Waals surface area contributed by atoms with Gasteiger partial charge in [0.15, 0.2) is 0 Å². The highest BCUT2D eigenvalue weighted by molar-refractivity contribution is 5.99. The van der Waals surface area contributed by atoms with Crippen molar-refractivity contribution in [1.82, 2.24) is 5.32 Å². The number of aliphatic hydroxyl groups is 1. The van der Waals surface area contributed by atoms with Gasteiger partial charge in [0, 0.05) is 6.54 Å². The molecule has 16 heavy (non-hydrogen) atoms. The Hall–Kier alpha value is -1.75. The third-order valence-electron chi connectivity index (χ3n) is 2.22. The second-order valence-corrected chi connectivity index (χ2v) is 3.44. The van der Waals surface area contributed by atoms with Crippen molar-refractivity contribution in [3.8, 4) is 11.5 Å². The van der Waals surface area contributed by atoms with E-state index in [1.807, 2.05) is 0 Å². The van der Waals surface area contributed by atoms with E-state index in [2.05, 4.69) is 5.32 Å². The van der Waals surface area contributed by atoms with Crippen molar-refractivity contribution in [2.45, 2.75) is 19.4 Å². The first-order valence-electron chi connectivity index (χ1n) is 5.03. The maximum Gasteiger partial charge on any atom is 0.258 e. The lowest BCUT2D eigenvalue weighted by Gasteiger charge is -2.11. The van der Waals surface area contributed by atoms with E-state index >= 15 is 0 Å². The number of aromatic hydroxyl groups is 2. The van der Waals surface area contributed by atoms with Gasteiger partial charge in [-0.15, -0.1) is 0 Å². The third-order valence-corrected chi connectivity index (χ3v) is 2.22. The Labute approximate surface area is 93.4 Å². The average molecular weight is 225 g/mol. The molecule has 0 saturated heterocycles. The van der Waals surface area contributed by atoms with Crippen LogP contribution >= 0.6 is 0 Å². The molecule has 0 aliphatic rings. The first-order chi connectivity index (χ1) is 7.56. The van der Waals surface area contributed by atoms with Crippen molar-refractivity contribution < 1.29 is 20.1 Å². The average Bonchev–Trinajstić information content (AvgIpc) is 2.25. The van der Waals surface area contributed by atoms with Gasteiger partial charge in [-0.1, -0.05) is 13.0 Å². The highest BCUT2D eigenvalue weighted by Gasteiger charge is 2.16. The fourth-order valence-corrected chi connectivity index (χ4v) is 1.20. The molecule has 0 radical (unpaired) electrons. The van der Waals surface area contributed by atoms with E-state index in [1.165, 1.54) is 18.2 Å². The molecule has 4 N–H and O–H groups in total. The topological polar surface area (TPSA) is 89.8 Å². The molecule has 0 bridgehead atoms. The van der Waals surface area contributed by atoms with Gasteiger partial charge in [-0.05, 0) is 18.6 Å². The number of nitrogens with one attached hydrogen (secondary N) is 1. The zero-order chi connectivity index (χ0) is 12.1. The molecule has 88 valence electrons. The van der Waals surface area contributed by atoms with E-state index in [-0.39, 0.29) is 23.6 Å². The molecular formula is C11H15NO4. The Kier molecular flexibility index (Phi) is 4.13. The van der Waals surface area contributed by atoms with Gasteiger partial charge in [-0.2, -0.15) is 0 Å². The summed E-state index contributed by atoms with van der Waals surface area (Å²) in [4.78, 5) is 11.6. The second kappa shape index (κ2) is 5.37. The van der Waals surface area contributed by atoms with Crippen molar-refractivity contribution in [2.75, 3.05) is 6.54 Å². The van der Waals surface area contributed by atoms with Crippen LogP contribution in [0.4, 0.5) is 0 Å². The van der Waals surface area contributed by atoms with Crippen LogP contribution in [0.3, 0.4) is 0 Å². The van der Waals surface area contributed by atoms with Crippen LogP contribution in [0.25, 0.3) is 0 Å². The van der Waals surface area contributed by atoms with E-state index in [4.69, 9.17) is 0 Å². The molecule has 0 saturated carbocycles. The SMILES string of the molecule is CCC(O)CNC(=O)c1c(O)cccc1O. The lowest BCUT2D eigenvalue weighted by atomic mass is 10.1. The van der Waals surface area contributed by atoms with E-state index in [9.17, 15) is 20.1 Å². The Morgan fingerprint density at radius 1 is 1.38 bits per heavy atom. The molecule has 1 rings (SSSR count). The summed E-state index contributed by atoms with van der Waals surface area (Å²) < 4.78 is 0. The summed E-state index contributed by atoms with van der Waals surface area (Å²) in [6.45, 7) is 1.87. The number of carbonyl (C=O) groups excluding carboxylic acids is 1. The highest BCUT2D eigenvalue weighted by atomic mass is 16.3. The lowest BCUT2D eigenvalue weighted by molar-refractivity contribution is 0.0908. The van der Waals surface area contributed by atoms with Gasteiger partial charge in [0.1, 0.15) is 17.1 Å². The maximum atomic E-state index is 11.6. The lowest BCUT2D eigenvalue weighted by Crippen LogP contribution is -2.31. The van der Waals surface area contributed by atoms with Crippen LogP contribution in [-0.4, -0.2) is 33.9 Å². The van der Waals surface area contributed by atoms with Crippen LogP contribution < -0.4 is 5.32 Å². The molecule has 1 amide bonds. The van der Waals surface area contributed by atoms with Gasteiger partial charge in [-0.25, -0.2) is 0 Å². The van der Waals surface area contributed by atoms with Crippen LogP contribution in [-0.2, 0) is 0 Å². The molecule has 5 heteroatoms. The van der Waals surface area contributed by atoms with Crippen LogP contribution in [0.1, 0.15) is 23.7 Å². The molecule has 1 unspecified atom stereocenters. The molecule has 5 nitrogen and oxygen atoms in total. The fraction of sp³-hybridized carbons (Fsp3) is 0.364. The number of amides is 1. The zero-order valence-electron chi connectivity index (χ0n) is 8.97. The van der Waals surface area contributed by atoms with Crippen LogP contribution in [0.2, 0.25) is 0 Å². The van der Waals surface area contributed by atoms with Gasteiger partial charge >= 0.3 is 0 Å². The molecule has 0 heterocycles. The first kappa shape index (κ1) is 12.3. The van der Waals surface area contributed by atoms with E-state index in [0.29, 0.717) is 6.42 Å². The normalized spacial score (nSPS) is 12.1. The largest absolute Gasteiger partial charge is 0.507 e. The molecule has 1 aromatic rings. The number of aliphatic hydroxyl groups excluding tert-OH is 1. The molecule has 1 atom stereocenters. The predicted octanol–water partition coefficient (Wildman–Crippen LogP) is 0.599. The smallest absolute Gasteiger partial charge is 0.258 e. The Balaban J connectivity index is 2.73. The van der Waals surface area contributed by atoms with Gasteiger partial charge < -0.3 is 20.6 Å². The standard InChI is InChI=1S/C11H15NO4/c1-2-7(13)6-12-11(16)10-8(14)4-3-5-9(10)15/h3-5,7,13-15H,2,6H2,1H3,(H,12,16). The minimum absolute atomic E-state index is 0.0864. The zero-order valence-corrected chi connectivity index (χ0v) is 8.97. The number of rotatable bonds is 4. The van der Waals surface area contributed by atoms with E-state index in [1.54, 1.807) is 6.92 Å². The number of benzene rings is 1. The summed E-state index contributed by atoms with van der Waals surface area (Å²) in [6.07, 6.45) is -0.107. The summed E-state index contributed by atoms with van der Waals surface area (Å²) in [5, 5.41) is 30.5. The van der Waals surface area contributed by atoms with Crippen molar-refractivity contribution >= 4 is 5.91 Å². The van der Waals surface area contributed by atoms with Gasteiger partial charge in [-0.3, -0.25) is 4.79 Å². The molecule has 0 fully saturated rings. The minimum Gasteiger partial charge on any atom is -0.507 e. The summed E-state index contributed by atoms with van der Waals surface area (Å²) in [5.74, 6) is -1.19. The second-order valence-electron chi connectivity index (χ2n) is 3.44. The van der Waals surface area contributed by atoms with E-state index < -0.39 is 12.0 Å². The number of phenolic OH excluding ortho intramolecular Hbond substituents is 2. The summed E-state index contributed by atoms with van der Waals surface area (Å²) in [5.41, 5.74) is -0.175. The van der Waals surface area contributed by atoms with Crippen LogP contribution in [0.5, 0.6) is 11.5 Å². The molecule has 0 aliphatic carbocycles. The van der Waals surface area contributed by atoms with Crippen LogP contribution in [0, 0.1) is 0 Å². The van der Waals surface area contributed by atoms with Crippen molar-refractivity contribution in [2.24, 2.45) is 0 Å². The molecule has 0 aliphatic heterocycles. The van der Waals surface area contributed by atoms with Gasteiger partial charge in [0.2, 0.25) is 0 Å². The van der Waals surface area contributed by atoms with Crippen molar-refractivity contribution in [3.63, 3.8) is 0 Å². The van der Waals surface area contributed by atoms with E-state index in [0.717, 1.165) is 0 Å². The number of hydrogen-bond acceptors (Lipinski definition) is 4. The molecular weight excluding hydrogens is 210 g/mol. The third kappa shape index (κ3) is 2.87. The fourth-order valence-electron chi connectivity index (χ4n) is 1.20. The highest BCUT2D eigenvalue weighted by Crippen LogP contribution is 2.25. The quantitative estimate of drug-likeness (QED) is 0.604. The summed E-state index contributed by atoms with van der Waals surface area (Å²) in [7, 11) is 0. The molecule has 0 aromatic heterocycles.